The Bertz CT molecular complexity index is 1010. The number of hydrogen-bond acceptors (Lipinski definition) is 5. The van der Waals surface area contributed by atoms with Crippen molar-refractivity contribution in [3.05, 3.63) is 70.8 Å². The maximum absolute atomic E-state index is 12.6. The summed E-state index contributed by atoms with van der Waals surface area (Å²) >= 11 is 0. The zero-order chi connectivity index (χ0) is 18.5. The van der Waals surface area contributed by atoms with Gasteiger partial charge in [0.2, 0.25) is 0 Å². The number of carbonyl (C=O) groups excluding carboxylic acids is 2. The first-order valence-electron chi connectivity index (χ1n) is 8.02. The molecule has 0 aliphatic rings. The van der Waals surface area contributed by atoms with E-state index in [1.165, 1.54) is 18.0 Å². The fraction of sp³-hybridized carbons (Fsp3) is 0.158. The summed E-state index contributed by atoms with van der Waals surface area (Å²) in [4.78, 5) is 40.0. The molecule has 0 saturated heterocycles. The lowest BCUT2D eigenvalue weighted by molar-refractivity contribution is -0.140. The predicted octanol–water partition coefficient (Wildman–Crippen LogP) is 1.68. The Labute approximate surface area is 149 Å². The van der Waals surface area contributed by atoms with Gasteiger partial charge in [-0.05, 0) is 36.4 Å². The number of para-hydroxylation sites is 1. The molecule has 0 spiro atoms. The second kappa shape index (κ2) is 7.60. The quantitative estimate of drug-likeness (QED) is 0.706. The zero-order valence-electron chi connectivity index (χ0n) is 14.1. The molecule has 7 nitrogen and oxygen atoms in total. The SMILES string of the molecule is COC(=O)CCNC(=O)c1ccc(-n2cnc3ccccc3c2=O)cc1. The van der Waals surface area contributed by atoms with Crippen molar-refractivity contribution in [3.8, 4) is 5.69 Å². The number of amides is 1. The number of methoxy groups -OCH3 is 1. The van der Waals surface area contributed by atoms with E-state index < -0.39 is 0 Å². The van der Waals surface area contributed by atoms with Crippen LogP contribution in [0.15, 0.2) is 59.7 Å². The number of nitrogens with one attached hydrogen (secondary N) is 1. The van der Waals surface area contributed by atoms with Gasteiger partial charge < -0.3 is 10.1 Å². The molecule has 0 radical (unpaired) electrons. The average Bonchev–Trinajstić information content (AvgIpc) is 2.68. The lowest BCUT2D eigenvalue weighted by Crippen LogP contribution is -2.26. The normalized spacial score (nSPS) is 10.5. The molecule has 0 unspecified atom stereocenters. The molecule has 0 atom stereocenters. The highest BCUT2D eigenvalue weighted by Crippen LogP contribution is 2.11. The van der Waals surface area contributed by atoms with E-state index in [9.17, 15) is 14.4 Å². The van der Waals surface area contributed by atoms with Crippen LogP contribution in [0.5, 0.6) is 0 Å². The number of hydrogen-bond donors (Lipinski definition) is 1. The van der Waals surface area contributed by atoms with E-state index in [1.54, 1.807) is 42.5 Å². The summed E-state index contributed by atoms with van der Waals surface area (Å²) in [5, 5.41) is 3.17. The minimum Gasteiger partial charge on any atom is -0.469 e. The minimum absolute atomic E-state index is 0.110. The van der Waals surface area contributed by atoms with Gasteiger partial charge in [0.1, 0.15) is 6.33 Å². The molecule has 1 aromatic heterocycles. The lowest BCUT2D eigenvalue weighted by atomic mass is 10.2. The number of rotatable bonds is 5. The highest BCUT2D eigenvalue weighted by Gasteiger charge is 2.09. The van der Waals surface area contributed by atoms with Crippen molar-refractivity contribution in [1.82, 2.24) is 14.9 Å². The molecule has 0 bridgehead atoms. The van der Waals surface area contributed by atoms with Crippen LogP contribution in [0.4, 0.5) is 0 Å². The Morgan fingerprint density at radius 3 is 2.58 bits per heavy atom. The van der Waals surface area contributed by atoms with Gasteiger partial charge in [-0.25, -0.2) is 4.98 Å². The molecule has 132 valence electrons. The molecule has 2 aromatic carbocycles. The topological polar surface area (TPSA) is 90.3 Å². The van der Waals surface area contributed by atoms with Crippen molar-refractivity contribution < 1.29 is 14.3 Å². The van der Waals surface area contributed by atoms with Crippen molar-refractivity contribution in [2.75, 3.05) is 13.7 Å². The largest absolute Gasteiger partial charge is 0.469 e. The number of carbonyl (C=O) groups is 2. The van der Waals surface area contributed by atoms with Crippen LogP contribution in [0.1, 0.15) is 16.8 Å². The second-order valence-electron chi connectivity index (χ2n) is 5.57. The number of aromatic nitrogens is 2. The predicted molar refractivity (Wildman–Crippen MR) is 96.3 cm³/mol. The second-order valence-corrected chi connectivity index (χ2v) is 5.57. The molecule has 0 fully saturated rings. The van der Waals surface area contributed by atoms with Gasteiger partial charge in [0.05, 0.1) is 30.1 Å². The average molecular weight is 351 g/mol. The number of nitrogens with zero attached hydrogens (tertiary/aromatic N) is 2. The molecule has 3 aromatic rings. The minimum atomic E-state index is -0.385. The van der Waals surface area contributed by atoms with Gasteiger partial charge in [-0.1, -0.05) is 12.1 Å². The maximum Gasteiger partial charge on any atom is 0.307 e. The summed E-state index contributed by atoms with van der Waals surface area (Å²) in [6.45, 7) is 0.196. The number of esters is 1. The summed E-state index contributed by atoms with van der Waals surface area (Å²) in [5.41, 5.74) is 1.50. The summed E-state index contributed by atoms with van der Waals surface area (Å²) < 4.78 is 5.95. The fourth-order valence-corrected chi connectivity index (χ4v) is 2.51. The Morgan fingerprint density at radius 2 is 1.85 bits per heavy atom. The zero-order valence-corrected chi connectivity index (χ0v) is 14.1. The van der Waals surface area contributed by atoms with E-state index in [-0.39, 0.29) is 30.4 Å². The summed E-state index contributed by atoms with van der Waals surface area (Å²) in [6.07, 6.45) is 1.58. The first-order chi connectivity index (χ1) is 12.6. The molecule has 7 heteroatoms. The smallest absolute Gasteiger partial charge is 0.307 e. The van der Waals surface area contributed by atoms with Gasteiger partial charge in [0.15, 0.2) is 0 Å². The molecule has 0 saturated carbocycles. The molecule has 0 aliphatic heterocycles. The van der Waals surface area contributed by atoms with Gasteiger partial charge in [0, 0.05) is 12.1 Å². The molecule has 1 N–H and O–H groups in total. The Hall–Kier alpha value is -3.48. The van der Waals surface area contributed by atoms with E-state index in [4.69, 9.17) is 0 Å². The Kier molecular flexibility index (Phi) is 5.07. The standard InChI is InChI=1S/C19H17N3O4/c1-26-17(23)10-11-20-18(24)13-6-8-14(9-7-13)22-12-21-16-5-3-2-4-15(16)19(22)25/h2-9,12H,10-11H2,1H3,(H,20,24). The van der Waals surface area contributed by atoms with Crippen LogP contribution >= 0.6 is 0 Å². The van der Waals surface area contributed by atoms with Gasteiger partial charge in [-0.2, -0.15) is 0 Å². The molecular weight excluding hydrogens is 334 g/mol. The highest BCUT2D eigenvalue weighted by atomic mass is 16.5. The third-order valence-electron chi connectivity index (χ3n) is 3.92. The van der Waals surface area contributed by atoms with Crippen molar-refractivity contribution in [2.24, 2.45) is 0 Å². The first-order valence-corrected chi connectivity index (χ1v) is 8.02. The molecule has 26 heavy (non-hydrogen) atoms. The van der Waals surface area contributed by atoms with Crippen LogP contribution in [0.3, 0.4) is 0 Å². The van der Waals surface area contributed by atoms with Crippen molar-refractivity contribution in [2.45, 2.75) is 6.42 Å². The van der Waals surface area contributed by atoms with Crippen LogP contribution in [-0.4, -0.2) is 35.1 Å². The molecule has 1 heterocycles. The van der Waals surface area contributed by atoms with Crippen LogP contribution < -0.4 is 10.9 Å². The van der Waals surface area contributed by atoms with E-state index in [0.29, 0.717) is 22.2 Å². The molecular formula is C19H17N3O4. The maximum atomic E-state index is 12.6. The fourth-order valence-electron chi connectivity index (χ4n) is 2.51. The van der Waals surface area contributed by atoms with Crippen molar-refractivity contribution in [3.63, 3.8) is 0 Å². The first kappa shape index (κ1) is 17.3. The van der Waals surface area contributed by atoms with E-state index in [0.717, 1.165) is 0 Å². The van der Waals surface area contributed by atoms with Gasteiger partial charge in [0.25, 0.3) is 11.5 Å². The Balaban J connectivity index is 1.78. The summed E-state index contributed by atoms with van der Waals surface area (Å²) in [6, 6.07) is 13.7. The summed E-state index contributed by atoms with van der Waals surface area (Å²) in [7, 11) is 1.30. The molecule has 1 amide bonds. The summed E-state index contributed by atoms with van der Waals surface area (Å²) in [5.74, 6) is -0.687. The monoisotopic (exact) mass is 351 g/mol. The Morgan fingerprint density at radius 1 is 1.12 bits per heavy atom. The van der Waals surface area contributed by atoms with Gasteiger partial charge >= 0.3 is 5.97 Å². The van der Waals surface area contributed by atoms with Crippen LogP contribution in [0.25, 0.3) is 16.6 Å². The van der Waals surface area contributed by atoms with Crippen LogP contribution in [-0.2, 0) is 9.53 Å². The van der Waals surface area contributed by atoms with Crippen molar-refractivity contribution >= 4 is 22.8 Å². The molecule has 0 aliphatic carbocycles. The third kappa shape index (κ3) is 3.61. The number of fused-ring (bicyclic) bond motifs is 1. The van der Waals surface area contributed by atoms with Crippen LogP contribution in [0, 0.1) is 0 Å². The van der Waals surface area contributed by atoms with E-state index in [2.05, 4.69) is 15.0 Å². The highest BCUT2D eigenvalue weighted by molar-refractivity contribution is 5.94. The molecule has 3 rings (SSSR count). The number of ether oxygens (including phenoxy) is 1. The van der Waals surface area contributed by atoms with E-state index in [1.807, 2.05) is 6.07 Å². The van der Waals surface area contributed by atoms with Gasteiger partial charge in [-0.3, -0.25) is 19.0 Å². The van der Waals surface area contributed by atoms with Crippen molar-refractivity contribution in [1.29, 1.82) is 0 Å². The third-order valence-corrected chi connectivity index (χ3v) is 3.92. The van der Waals surface area contributed by atoms with E-state index >= 15 is 0 Å². The lowest BCUT2D eigenvalue weighted by Gasteiger charge is -2.08. The van der Waals surface area contributed by atoms with Crippen LogP contribution in [0.2, 0.25) is 0 Å². The number of benzene rings is 2. The van der Waals surface area contributed by atoms with Gasteiger partial charge in [-0.15, -0.1) is 0 Å².